The minimum absolute atomic E-state index is 0.122. The molecule has 1 aliphatic rings. The van der Waals surface area contributed by atoms with Crippen molar-refractivity contribution in [3.8, 4) is 6.07 Å². The molecule has 0 radical (unpaired) electrons. The lowest BCUT2D eigenvalue weighted by Crippen LogP contribution is -2.45. The highest BCUT2D eigenvalue weighted by Crippen LogP contribution is 2.26. The van der Waals surface area contributed by atoms with Crippen LogP contribution in [0.1, 0.15) is 18.0 Å². The maximum atomic E-state index is 13.8. The second-order valence-electron chi connectivity index (χ2n) is 4.19. The molecule has 0 aliphatic carbocycles. The van der Waals surface area contributed by atoms with Crippen molar-refractivity contribution >= 4 is 0 Å². The number of piperazine rings is 1. The monoisotopic (exact) mass is 233 g/mol. The van der Waals surface area contributed by atoms with Gasteiger partial charge in [0.25, 0.3) is 0 Å². The van der Waals surface area contributed by atoms with Gasteiger partial charge in [-0.05, 0) is 6.07 Å². The van der Waals surface area contributed by atoms with E-state index in [2.05, 4.69) is 16.3 Å². The third-order valence-corrected chi connectivity index (χ3v) is 3.14. The number of hydrogen-bond donors (Lipinski definition) is 1. The molecule has 0 amide bonds. The van der Waals surface area contributed by atoms with Gasteiger partial charge in [0, 0.05) is 31.7 Å². The van der Waals surface area contributed by atoms with Gasteiger partial charge in [0.15, 0.2) is 0 Å². The molecule has 1 atom stereocenters. The first-order valence-electron chi connectivity index (χ1n) is 5.89. The van der Waals surface area contributed by atoms with Gasteiger partial charge in [0.1, 0.15) is 5.82 Å². The highest BCUT2D eigenvalue weighted by Gasteiger charge is 2.23. The SMILES string of the molecule is N#CC[C@@H](c1ccccc1F)N1CCNCC1. The Labute approximate surface area is 101 Å². The lowest BCUT2D eigenvalue weighted by Gasteiger charge is -2.34. The van der Waals surface area contributed by atoms with Gasteiger partial charge in [-0.25, -0.2) is 4.39 Å². The van der Waals surface area contributed by atoms with Crippen LogP contribution in [-0.2, 0) is 0 Å². The molecule has 1 saturated heterocycles. The lowest BCUT2D eigenvalue weighted by molar-refractivity contribution is 0.172. The van der Waals surface area contributed by atoms with E-state index in [9.17, 15) is 4.39 Å². The summed E-state index contributed by atoms with van der Waals surface area (Å²) in [6.45, 7) is 3.52. The largest absolute Gasteiger partial charge is 0.314 e. The van der Waals surface area contributed by atoms with Crippen molar-refractivity contribution < 1.29 is 4.39 Å². The molecule has 90 valence electrons. The molecular weight excluding hydrogens is 217 g/mol. The average Bonchev–Trinajstić information content (AvgIpc) is 2.38. The van der Waals surface area contributed by atoms with Crippen molar-refractivity contribution in [1.29, 1.82) is 5.26 Å². The lowest BCUT2D eigenvalue weighted by atomic mass is 10.0. The maximum Gasteiger partial charge on any atom is 0.128 e. The first kappa shape index (κ1) is 12.0. The molecule has 0 aromatic heterocycles. The van der Waals surface area contributed by atoms with Crippen LogP contribution in [0.15, 0.2) is 24.3 Å². The summed E-state index contributed by atoms with van der Waals surface area (Å²) >= 11 is 0. The second kappa shape index (κ2) is 5.76. The van der Waals surface area contributed by atoms with Gasteiger partial charge >= 0.3 is 0 Å². The summed E-state index contributed by atoms with van der Waals surface area (Å²) in [5.41, 5.74) is 0.635. The average molecular weight is 233 g/mol. The van der Waals surface area contributed by atoms with Gasteiger partial charge < -0.3 is 5.32 Å². The Hall–Kier alpha value is -1.44. The second-order valence-corrected chi connectivity index (χ2v) is 4.19. The quantitative estimate of drug-likeness (QED) is 0.863. The predicted octanol–water partition coefficient (Wildman–Crippen LogP) is 1.69. The molecule has 1 aromatic rings. The number of benzene rings is 1. The fraction of sp³-hybridized carbons (Fsp3) is 0.462. The summed E-state index contributed by atoms with van der Waals surface area (Å²) in [5, 5.41) is 12.2. The molecule has 1 heterocycles. The first-order valence-corrected chi connectivity index (χ1v) is 5.89. The van der Waals surface area contributed by atoms with Gasteiger partial charge in [-0.1, -0.05) is 18.2 Å². The van der Waals surface area contributed by atoms with E-state index >= 15 is 0 Å². The van der Waals surface area contributed by atoms with E-state index in [4.69, 9.17) is 5.26 Å². The summed E-state index contributed by atoms with van der Waals surface area (Å²) < 4.78 is 13.8. The molecular formula is C13H16FN3. The number of nitrogens with zero attached hydrogens (tertiary/aromatic N) is 2. The Morgan fingerprint density at radius 3 is 2.71 bits per heavy atom. The summed E-state index contributed by atoms with van der Waals surface area (Å²) in [6.07, 6.45) is 0.334. The molecule has 3 nitrogen and oxygen atoms in total. The summed E-state index contributed by atoms with van der Waals surface area (Å²) in [6, 6.07) is 8.78. The molecule has 1 aliphatic heterocycles. The van der Waals surface area contributed by atoms with E-state index < -0.39 is 0 Å². The molecule has 2 rings (SSSR count). The third kappa shape index (κ3) is 2.82. The van der Waals surface area contributed by atoms with E-state index in [0.29, 0.717) is 12.0 Å². The van der Waals surface area contributed by atoms with E-state index in [0.717, 1.165) is 26.2 Å². The Morgan fingerprint density at radius 1 is 1.35 bits per heavy atom. The summed E-state index contributed by atoms with van der Waals surface area (Å²) in [4.78, 5) is 2.18. The zero-order valence-corrected chi connectivity index (χ0v) is 9.69. The molecule has 1 aromatic carbocycles. The third-order valence-electron chi connectivity index (χ3n) is 3.14. The van der Waals surface area contributed by atoms with Gasteiger partial charge in [0.05, 0.1) is 18.5 Å². The van der Waals surface area contributed by atoms with Crippen LogP contribution in [0.2, 0.25) is 0 Å². The van der Waals surface area contributed by atoms with Gasteiger partial charge in [-0.3, -0.25) is 4.90 Å². The topological polar surface area (TPSA) is 39.1 Å². The molecule has 0 unspecified atom stereocenters. The van der Waals surface area contributed by atoms with Crippen molar-refractivity contribution in [2.24, 2.45) is 0 Å². The Bertz CT molecular complexity index is 407. The maximum absolute atomic E-state index is 13.8. The summed E-state index contributed by atoms with van der Waals surface area (Å²) in [7, 11) is 0. The van der Waals surface area contributed by atoms with E-state index in [1.807, 2.05) is 6.07 Å². The smallest absolute Gasteiger partial charge is 0.128 e. The van der Waals surface area contributed by atoms with Crippen molar-refractivity contribution in [3.05, 3.63) is 35.6 Å². The highest BCUT2D eigenvalue weighted by molar-refractivity contribution is 5.22. The summed E-state index contributed by atoms with van der Waals surface area (Å²) in [5.74, 6) is -0.216. The van der Waals surface area contributed by atoms with E-state index in [-0.39, 0.29) is 11.9 Å². The minimum Gasteiger partial charge on any atom is -0.314 e. The number of nitrogens with one attached hydrogen (secondary N) is 1. The van der Waals surface area contributed by atoms with Gasteiger partial charge in [0.2, 0.25) is 0 Å². The molecule has 17 heavy (non-hydrogen) atoms. The standard InChI is InChI=1S/C13H16FN3/c14-12-4-2-1-3-11(12)13(5-6-15)17-9-7-16-8-10-17/h1-4,13,16H,5,7-10H2/t13-/m0/s1. The van der Waals surface area contributed by atoms with E-state index in [1.165, 1.54) is 6.07 Å². The molecule has 0 spiro atoms. The number of rotatable bonds is 3. The fourth-order valence-electron chi connectivity index (χ4n) is 2.26. The minimum atomic E-state index is -0.216. The van der Waals surface area contributed by atoms with Crippen LogP contribution in [0.3, 0.4) is 0 Å². The van der Waals surface area contributed by atoms with Crippen LogP contribution in [0.5, 0.6) is 0 Å². The van der Waals surface area contributed by atoms with Crippen molar-refractivity contribution in [3.63, 3.8) is 0 Å². The first-order chi connectivity index (χ1) is 8.33. The van der Waals surface area contributed by atoms with Crippen LogP contribution in [0, 0.1) is 17.1 Å². The van der Waals surface area contributed by atoms with Crippen LogP contribution in [0.25, 0.3) is 0 Å². The number of hydrogen-bond acceptors (Lipinski definition) is 3. The predicted molar refractivity (Wildman–Crippen MR) is 63.8 cm³/mol. The van der Waals surface area contributed by atoms with Crippen molar-refractivity contribution in [2.45, 2.75) is 12.5 Å². The molecule has 0 saturated carbocycles. The van der Waals surface area contributed by atoms with E-state index in [1.54, 1.807) is 12.1 Å². The van der Waals surface area contributed by atoms with Gasteiger partial charge in [-0.15, -0.1) is 0 Å². The van der Waals surface area contributed by atoms with Crippen LogP contribution < -0.4 is 5.32 Å². The van der Waals surface area contributed by atoms with Crippen molar-refractivity contribution in [1.82, 2.24) is 10.2 Å². The highest BCUT2D eigenvalue weighted by atomic mass is 19.1. The fourth-order valence-corrected chi connectivity index (χ4v) is 2.26. The van der Waals surface area contributed by atoms with Crippen molar-refractivity contribution in [2.75, 3.05) is 26.2 Å². The van der Waals surface area contributed by atoms with Crippen LogP contribution in [0.4, 0.5) is 4.39 Å². The molecule has 4 heteroatoms. The zero-order chi connectivity index (χ0) is 12.1. The normalized spacial score (nSPS) is 18.6. The van der Waals surface area contributed by atoms with Crippen LogP contribution in [-0.4, -0.2) is 31.1 Å². The number of nitriles is 1. The Morgan fingerprint density at radius 2 is 2.06 bits per heavy atom. The Balaban J connectivity index is 2.22. The molecule has 1 fully saturated rings. The number of halogens is 1. The molecule has 0 bridgehead atoms. The molecule has 1 N–H and O–H groups in total. The van der Waals surface area contributed by atoms with Crippen LogP contribution >= 0.6 is 0 Å². The zero-order valence-electron chi connectivity index (χ0n) is 9.69. The Kier molecular flexibility index (Phi) is 4.08. The van der Waals surface area contributed by atoms with Gasteiger partial charge in [-0.2, -0.15) is 5.26 Å².